The number of nitrogens with one attached hydrogen (secondary N) is 2. The second-order valence-corrected chi connectivity index (χ2v) is 5.75. The Kier molecular flexibility index (Phi) is 11.0. The standard InChI is InChI=1S/C18H29N3O2.HI/c1-3-19-18(21-15(2)16-8-5-4-6-9-16)20-11-13-22-14-17-10-7-12-23-17;/h4-6,8-9,15,17H,3,7,10-14H2,1-2H3,(H2,19,20,21);1H. The van der Waals surface area contributed by atoms with E-state index in [0.717, 1.165) is 32.0 Å². The minimum absolute atomic E-state index is 0. The van der Waals surface area contributed by atoms with Crippen molar-refractivity contribution in [3.05, 3.63) is 35.9 Å². The van der Waals surface area contributed by atoms with Gasteiger partial charge in [-0.05, 0) is 32.3 Å². The maximum absolute atomic E-state index is 5.65. The first kappa shape index (κ1) is 21.2. The first-order valence-corrected chi connectivity index (χ1v) is 8.58. The maximum atomic E-state index is 5.65. The van der Waals surface area contributed by atoms with Crippen molar-refractivity contribution in [1.29, 1.82) is 0 Å². The molecule has 5 nitrogen and oxygen atoms in total. The van der Waals surface area contributed by atoms with E-state index in [4.69, 9.17) is 9.47 Å². The van der Waals surface area contributed by atoms with Gasteiger partial charge in [0.1, 0.15) is 0 Å². The number of guanidine groups is 1. The van der Waals surface area contributed by atoms with Crippen LogP contribution in [0.5, 0.6) is 0 Å². The van der Waals surface area contributed by atoms with Gasteiger partial charge in [0.15, 0.2) is 5.96 Å². The number of benzene rings is 1. The van der Waals surface area contributed by atoms with Gasteiger partial charge in [-0.25, -0.2) is 0 Å². The molecule has 1 aliphatic heterocycles. The highest BCUT2D eigenvalue weighted by Crippen LogP contribution is 2.12. The Balaban J connectivity index is 0.00000288. The molecular weight excluding hydrogens is 417 g/mol. The van der Waals surface area contributed by atoms with Gasteiger partial charge in [-0.2, -0.15) is 0 Å². The van der Waals surface area contributed by atoms with Crippen LogP contribution in [-0.2, 0) is 9.47 Å². The minimum Gasteiger partial charge on any atom is -0.377 e. The summed E-state index contributed by atoms with van der Waals surface area (Å²) in [7, 11) is 0. The van der Waals surface area contributed by atoms with Crippen molar-refractivity contribution in [2.45, 2.75) is 38.8 Å². The topological polar surface area (TPSA) is 54.9 Å². The van der Waals surface area contributed by atoms with Gasteiger partial charge in [0.05, 0.1) is 31.9 Å². The van der Waals surface area contributed by atoms with E-state index in [9.17, 15) is 0 Å². The van der Waals surface area contributed by atoms with Gasteiger partial charge < -0.3 is 20.1 Å². The van der Waals surface area contributed by atoms with Crippen LogP contribution in [0.2, 0.25) is 0 Å². The van der Waals surface area contributed by atoms with E-state index < -0.39 is 0 Å². The predicted octanol–water partition coefficient (Wildman–Crippen LogP) is 3.12. The molecule has 24 heavy (non-hydrogen) atoms. The SMILES string of the molecule is CCNC(=NCCOCC1CCCO1)NC(C)c1ccccc1.I. The van der Waals surface area contributed by atoms with Crippen molar-refractivity contribution in [1.82, 2.24) is 10.6 Å². The second-order valence-electron chi connectivity index (χ2n) is 5.75. The quantitative estimate of drug-likeness (QED) is 0.278. The smallest absolute Gasteiger partial charge is 0.191 e. The van der Waals surface area contributed by atoms with Gasteiger partial charge >= 0.3 is 0 Å². The van der Waals surface area contributed by atoms with E-state index in [1.54, 1.807) is 0 Å². The largest absolute Gasteiger partial charge is 0.377 e. The second kappa shape index (κ2) is 12.5. The summed E-state index contributed by atoms with van der Waals surface area (Å²) in [5.74, 6) is 0.824. The third-order valence-corrected chi connectivity index (χ3v) is 3.83. The molecule has 0 aliphatic carbocycles. The Labute approximate surface area is 162 Å². The zero-order valence-corrected chi connectivity index (χ0v) is 17.0. The van der Waals surface area contributed by atoms with Gasteiger partial charge in [-0.15, -0.1) is 24.0 Å². The van der Waals surface area contributed by atoms with Gasteiger partial charge in [0.2, 0.25) is 0 Å². The number of halogens is 1. The molecule has 0 spiro atoms. The Morgan fingerprint density at radius 2 is 2.17 bits per heavy atom. The van der Waals surface area contributed by atoms with Gasteiger partial charge in [0, 0.05) is 13.2 Å². The molecule has 1 saturated heterocycles. The van der Waals surface area contributed by atoms with Crippen LogP contribution in [0.3, 0.4) is 0 Å². The molecule has 1 aromatic rings. The Morgan fingerprint density at radius 3 is 2.83 bits per heavy atom. The Bertz CT molecular complexity index is 465. The average Bonchev–Trinajstić information content (AvgIpc) is 3.09. The van der Waals surface area contributed by atoms with Crippen molar-refractivity contribution in [3.8, 4) is 0 Å². The molecule has 2 N–H and O–H groups in total. The highest BCUT2D eigenvalue weighted by atomic mass is 127. The predicted molar refractivity (Wildman–Crippen MR) is 109 cm³/mol. The lowest BCUT2D eigenvalue weighted by molar-refractivity contribution is 0.0200. The molecule has 0 bridgehead atoms. The van der Waals surface area contributed by atoms with Crippen LogP contribution < -0.4 is 10.6 Å². The van der Waals surface area contributed by atoms with Gasteiger partial charge in [0.25, 0.3) is 0 Å². The summed E-state index contributed by atoms with van der Waals surface area (Å²) in [4.78, 5) is 4.57. The number of rotatable bonds is 8. The molecule has 1 heterocycles. The lowest BCUT2D eigenvalue weighted by Gasteiger charge is -2.18. The number of aliphatic imine (C=N–C) groups is 1. The molecule has 2 rings (SSSR count). The molecule has 2 atom stereocenters. The summed E-state index contributed by atoms with van der Waals surface area (Å²) in [6.07, 6.45) is 2.54. The van der Waals surface area contributed by atoms with E-state index >= 15 is 0 Å². The third-order valence-electron chi connectivity index (χ3n) is 3.83. The van der Waals surface area contributed by atoms with E-state index in [0.29, 0.717) is 19.8 Å². The van der Waals surface area contributed by atoms with Crippen LogP contribution in [-0.4, -0.2) is 45.0 Å². The van der Waals surface area contributed by atoms with Crippen LogP contribution in [0.1, 0.15) is 38.3 Å². The molecule has 1 aromatic carbocycles. The van der Waals surface area contributed by atoms with Crippen molar-refractivity contribution in [3.63, 3.8) is 0 Å². The summed E-state index contributed by atoms with van der Waals surface area (Å²) in [5.41, 5.74) is 1.24. The molecule has 0 amide bonds. The number of hydrogen-bond acceptors (Lipinski definition) is 3. The van der Waals surface area contributed by atoms with Crippen molar-refractivity contribution in [2.24, 2.45) is 4.99 Å². The van der Waals surface area contributed by atoms with Crippen LogP contribution >= 0.6 is 24.0 Å². The minimum atomic E-state index is 0. The lowest BCUT2D eigenvalue weighted by atomic mass is 10.1. The zero-order chi connectivity index (χ0) is 16.3. The highest BCUT2D eigenvalue weighted by molar-refractivity contribution is 14.0. The number of ether oxygens (including phenoxy) is 2. The van der Waals surface area contributed by atoms with Crippen LogP contribution in [0.15, 0.2) is 35.3 Å². The first-order chi connectivity index (χ1) is 11.3. The number of hydrogen-bond donors (Lipinski definition) is 2. The molecule has 136 valence electrons. The third kappa shape index (κ3) is 7.81. The summed E-state index contributed by atoms with van der Waals surface area (Å²) in [6, 6.07) is 10.6. The fourth-order valence-corrected chi connectivity index (χ4v) is 2.56. The van der Waals surface area contributed by atoms with Crippen LogP contribution in [0.25, 0.3) is 0 Å². The average molecular weight is 447 g/mol. The van der Waals surface area contributed by atoms with E-state index in [1.165, 1.54) is 5.56 Å². The molecular formula is C18H30IN3O2. The van der Waals surface area contributed by atoms with Gasteiger partial charge in [-0.3, -0.25) is 4.99 Å². The Hall–Kier alpha value is -0.860. The first-order valence-electron chi connectivity index (χ1n) is 8.58. The Morgan fingerprint density at radius 1 is 1.38 bits per heavy atom. The maximum Gasteiger partial charge on any atom is 0.191 e. The van der Waals surface area contributed by atoms with Crippen molar-refractivity contribution in [2.75, 3.05) is 32.9 Å². The summed E-state index contributed by atoms with van der Waals surface area (Å²) < 4.78 is 11.2. The van der Waals surface area contributed by atoms with Crippen LogP contribution in [0, 0.1) is 0 Å². The fraction of sp³-hybridized carbons (Fsp3) is 0.611. The highest BCUT2D eigenvalue weighted by Gasteiger charge is 2.14. The molecule has 6 heteroatoms. The summed E-state index contributed by atoms with van der Waals surface area (Å²) in [5, 5.41) is 6.70. The monoisotopic (exact) mass is 447 g/mol. The van der Waals surface area contributed by atoms with E-state index in [2.05, 4.69) is 53.7 Å². The molecule has 1 aliphatic rings. The molecule has 0 aromatic heterocycles. The normalized spacial score (nSPS) is 18.8. The summed E-state index contributed by atoms with van der Waals surface area (Å²) in [6.45, 7) is 7.86. The molecule has 0 radical (unpaired) electrons. The van der Waals surface area contributed by atoms with Crippen molar-refractivity contribution < 1.29 is 9.47 Å². The zero-order valence-electron chi connectivity index (χ0n) is 14.7. The number of nitrogens with zero attached hydrogens (tertiary/aromatic N) is 1. The molecule has 1 fully saturated rings. The van der Waals surface area contributed by atoms with Crippen LogP contribution in [0.4, 0.5) is 0 Å². The molecule has 2 unspecified atom stereocenters. The summed E-state index contributed by atoms with van der Waals surface area (Å²) >= 11 is 0. The lowest BCUT2D eigenvalue weighted by Crippen LogP contribution is -2.39. The van der Waals surface area contributed by atoms with E-state index in [-0.39, 0.29) is 36.1 Å². The molecule has 0 saturated carbocycles. The van der Waals surface area contributed by atoms with E-state index in [1.807, 2.05) is 6.07 Å². The van der Waals surface area contributed by atoms with Crippen molar-refractivity contribution >= 4 is 29.9 Å². The van der Waals surface area contributed by atoms with Gasteiger partial charge in [-0.1, -0.05) is 30.3 Å². The fourth-order valence-electron chi connectivity index (χ4n) is 2.56.